The molecular formula is C13H17N3O5. The quantitative estimate of drug-likeness (QED) is 0.639. The summed E-state index contributed by atoms with van der Waals surface area (Å²) in [5.41, 5.74) is -1.26. The number of aliphatic hydroxyl groups is 1. The van der Waals surface area contributed by atoms with Crippen molar-refractivity contribution in [2.45, 2.75) is 31.8 Å². The van der Waals surface area contributed by atoms with Crippen LogP contribution in [0.1, 0.15) is 36.7 Å². The lowest BCUT2D eigenvalue weighted by atomic mass is 9.98. The number of nitro groups is 1. The van der Waals surface area contributed by atoms with E-state index in [0.717, 1.165) is 12.1 Å². The maximum Gasteiger partial charge on any atom is 0.354 e. The topological polar surface area (TPSA) is 117 Å². The van der Waals surface area contributed by atoms with Gasteiger partial charge in [0.2, 0.25) is 5.82 Å². The second-order valence-corrected chi connectivity index (χ2v) is 5.44. The fraction of sp³-hybridized carbons (Fsp3) is 0.538. The van der Waals surface area contributed by atoms with Crippen LogP contribution in [0.5, 0.6) is 0 Å². The molecule has 2 N–H and O–H groups in total. The van der Waals surface area contributed by atoms with Crippen molar-refractivity contribution >= 4 is 17.5 Å². The van der Waals surface area contributed by atoms with Crippen molar-refractivity contribution in [1.29, 1.82) is 0 Å². The Balaban J connectivity index is 2.38. The third kappa shape index (κ3) is 3.46. The molecule has 0 radical (unpaired) electrons. The Morgan fingerprint density at radius 3 is 2.76 bits per heavy atom. The van der Waals surface area contributed by atoms with E-state index in [4.69, 9.17) is 5.11 Å². The van der Waals surface area contributed by atoms with Crippen LogP contribution in [0.4, 0.5) is 11.5 Å². The van der Waals surface area contributed by atoms with E-state index < -0.39 is 16.5 Å². The van der Waals surface area contributed by atoms with E-state index in [0.29, 0.717) is 32.4 Å². The average molecular weight is 295 g/mol. The number of anilines is 1. The van der Waals surface area contributed by atoms with Gasteiger partial charge in [-0.25, -0.2) is 9.78 Å². The van der Waals surface area contributed by atoms with Crippen LogP contribution in [0.15, 0.2) is 12.1 Å². The summed E-state index contributed by atoms with van der Waals surface area (Å²) in [4.78, 5) is 27.1. The first-order valence-corrected chi connectivity index (χ1v) is 6.66. The summed E-state index contributed by atoms with van der Waals surface area (Å²) < 4.78 is 0. The number of nitrogens with zero attached hydrogens (tertiary/aromatic N) is 3. The van der Waals surface area contributed by atoms with Crippen LogP contribution in [0.3, 0.4) is 0 Å². The van der Waals surface area contributed by atoms with Crippen LogP contribution in [0, 0.1) is 10.1 Å². The molecular weight excluding hydrogens is 278 g/mol. The van der Waals surface area contributed by atoms with Crippen molar-refractivity contribution < 1.29 is 19.9 Å². The highest BCUT2D eigenvalue weighted by Gasteiger charge is 2.29. The molecule has 2 heterocycles. The lowest BCUT2D eigenvalue weighted by Gasteiger charge is -2.23. The Labute approximate surface area is 121 Å². The molecule has 0 bridgehead atoms. The summed E-state index contributed by atoms with van der Waals surface area (Å²) in [6, 6.07) is 2.28. The fourth-order valence-corrected chi connectivity index (χ4v) is 2.41. The van der Waals surface area contributed by atoms with E-state index in [1.165, 1.54) is 0 Å². The Hall–Kier alpha value is -2.22. The number of rotatable bonds is 3. The molecule has 1 saturated heterocycles. The van der Waals surface area contributed by atoms with Gasteiger partial charge < -0.3 is 15.1 Å². The number of carbonyl (C=O) groups is 1. The van der Waals surface area contributed by atoms with Gasteiger partial charge in [-0.15, -0.1) is 0 Å². The molecule has 0 amide bonds. The van der Waals surface area contributed by atoms with Gasteiger partial charge in [0.25, 0.3) is 0 Å². The lowest BCUT2D eigenvalue weighted by molar-refractivity contribution is -0.384. The molecule has 1 unspecified atom stereocenters. The predicted molar refractivity (Wildman–Crippen MR) is 74.5 cm³/mol. The van der Waals surface area contributed by atoms with Crippen LogP contribution in [0.25, 0.3) is 0 Å². The predicted octanol–water partition coefficient (Wildman–Crippen LogP) is 1.43. The average Bonchev–Trinajstić information content (AvgIpc) is 2.58. The van der Waals surface area contributed by atoms with Crippen LogP contribution >= 0.6 is 0 Å². The van der Waals surface area contributed by atoms with Gasteiger partial charge in [-0.2, -0.15) is 0 Å². The monoisotopic (exact) mass is 295 g/mol. The first kappa shape index (κ1) is 15.2. The Morgan fingerprint density at radius 1 is 1.43 bits per heavy atom. The number of carboxylic acids is 1. The maximum absolute atomic E-state index is 11.1. The van der Waals surface area contributed by atoms with E-state index >= 15 is 0 Å². The van der Waals surface area contributed by atoms with Gasteiger partial charge >= 0.3 is 11.7 Å². The number of hydrogen-bond acceptors (Lipinski definition) is 6. The van der Waals surface area contributed by atoms with Gasteiger partial charge in [0.1, 0.15) is 0 Å². The van der Waals surface area contributed by atoms with Gasteiger partial charge in [-0.3, -0.25) is 10.1 Å². The van der Waals surface area contributed by atoms with Gasteiger partial charge in [-0.1, -0.05) is 0 Å². The van der Waals surface area contributed by atoms with Gasteiger partial charge in [0.15, 0.2) is 5.69 Å². The normalized spacial score (nSPS) is 22.7. The molecule has 0 aliphatic carbocycles. The molecule has 0 saturated carbocycles. The number of pyridine rings is 1. The molecule has 1 aliphatic rings. The van der Waals surface area contributed by atoms with Crippen molar-refractivity contribution in [3.05, 3.63) is 27.9 Å². The second-order valence-electron chi connectivity index (χ2n) is 5.44. The highest BCUT2D eigenvalue weighted by atomic mass is 16.6. The SMILES string of the molecule is CC1(O)CCCN(c2nc(C(=O)O)ccc2[N+](=O)[O-])CC1. The maximum atomic E-state index is 11.1. The van der Waals surface area contributed by atoms with E-state index in [1.54, 1.807) is 11.8 Å². The largest absolute Gasteiger partial charge is 0.477 e. The molecule has 1 aromatic heterocycles. The summed E-state index contributed by atoms with van der Waals surface area (Å²) >= 11 is 0. The molecule has 114 valence electrons. The minimum atomic E-state index is -1.23. The smallest absolute Gasteiger partial charge is 0.354 e. The zero-order chi connectivity index (χ0) is 15.6. The molecule has 0 aromatic carbocycles. The Kier molecular flexibility index (Phi) is 4.08. The van der Waals surface area contributed by atoms with E-state index in [1.807, 2.05) is 0 Å². The van der Waals surface area contributed by atoms with Crippen molar-refractivity contribution in [1.82, 2.24) is 4.98 Å². The van der Waals surface area contributed by atoms with Crippen molar-refractivity contribution in [2.24, 2.45) is 0 Å². The summed E-state index contributed by atoms with van der Waals surface area (Å²) in [7, 11) is 0. The van der Waals surface area contributed by atoms with Gasteiger partial charge in [-0.05, 0) is 32.3 Å². The molecule has 21 heavy (non-hydrogen) atoms. The van der Waals surface area contributed by atoms with Crippen molar-refractivity contribution in [3.63, 3.8) is 0 Å². The number of hydrogen-bond donors (Lipinski definition) is 2. The van der Waals surface area contributed by atoms with E-state index in [-0.39, 0.29) is 17.2 Å². The molecule has 1 aromatic rings. The molecule has 0 spiro atoms. The minimum absolute atomic E-state index is 0.0533. The zero-order valence-electron chi connectivity index (χ0n) is 11.7. The second kappa shape index (κ2) is 5.65. The zero-order valence-corrected chi connectivity index (χ0v) is 11.7. The molecule has 1 aliphatic heterocycles. The number of aromatic carboxylic acids is 1. The van der Waals surface area contributed by atoms with Crippen LogP contribution in [-0.2, 0) is 0 Å². The minimum Gasteiger partial charge on any atom is -0.477 e. The molecule has 8 nitrogen and oxygen atoms in total. The van der Waals surface area contributed by atoms with Gasteiger partial charge in [0.05, 0.1) is 10.5 Å². The van der Waals surface area contributed by atoms with Gasteiger partial charge in [0, 0.05) is 19.2 Å². The third-order valence-corrected chi connectivity index (χ3v) is 3.63. The lowest BCUT2D eigenvalue weighted by Crippen LogP contribution is -2.29. The summed E-state index contributed by atoms with van der Waals surface area (Å²) in [6.45, 7) is 2.61. The fourth-order valence-electron chi connectivity index (χ4n) is 2.41. The van der Waals surface area contributed by atoms with Crippen LogP contribution in [-0.4, -0.2) is 44.8 Å². The summed E-state index contributed by atoms with van der Waals surface area (Å²) in [5, 5.41) is 30.2. The number of carboxylic acid groups (broad SMARTS) is 1. The van der Waals surface area contributed by atoms with Crippen molar-refractivity contribution in [3.8, 4) is 0 Å². The first-order chi connectivity index (χ1) is 9.80. The highest BCUT2D eigenvalue weighted by Crippen LogP contribution is 2.30. The Morgan fingerprint density at radius 2 is 2.14 bits per heavy atom. The summed E-state index contributed by atoms with van der Waals surface area (Å²) in [5.74, 6) is -1.18. The summed E-state index contributed by atoms with van der Waals surface area (Å²) in [6.07, 6.45) is 1.70. The third-order valence-electron chi connectivity index (χ3n) is 3.63. The first-order valence-electron chi connectivity index (χ1n) is 6.66. The van der Waals surface area contributed by atoms with E-state index in [2.05, 4.69) is 4.98 Å². The van der Waals surface area contributed by atoms with Crippen molar-refractivity contribution in [2.75, 3.05) is 18.0 Å². The molecule has 1 fully saturated rings. The number of aromatic nitrogens is 1. The molecule has 8 heteroatoms. The van der Waals surface area contributed by atoms with Crippen LogP contribution in [0.2, 0.25) is 0 Å². The standard InChI is InChI=1S/C13H17N3O5/c1-13(19)5-2-7-15(8-6-13)11-10(16(20)21)4-3-9(14-11)12(17)18/h3-4,19H,2,5-8H2,1H3,(H,17,18). The Bertz CT molecular complexity index is 573. The molecule has 1 atom stereocenters. The highest BCUT2D eigenvalue weighted by molar-refractivity contribution is 5.86. The van der Waals surface area contributed by atoms with Crippen LogP contribution < -0.4 is 4.90 Å². The van der Waals surface area contributed by atoms with E-state index in [9.17, 15) is 20.0 Å². The molecule has 2 rings (SSSR count).